The molecule has 0 saturated carbocycles. The molecule has 0 aliphatic carbocycles. The first kappa shape index (κ1) is 17.9. The van der Waals surface area contributed by atoms with Crippen LogP contribution in [-0.2, 0) is 9.59 Å². The van der Waals surface area contributed by atoms with Gasteiger partial charge in [0.05, 0.1) is 5.41 Å². The molecule has 0 rings (SSSR count). The van der Waals surface area contributed by atoms with Gasteiger partial charge in [0.1, 0.15) is 6.04 Å². The summed E-state index contributed by atoms with van der Waals surface area (Å²) >= 11 is 0. The molecule has 0 fully saturated rings. The van der Waals surface area contributed by atoms with Gasteiger partial charge < -0.3 is 10.4 Å². The van der Waals surface area contributed by atoms with Gasteiger partial charge in [0, 0.05) is 12.1 Å². The third kappa shape index (κ3) is 5.59. The fraction of sp³-hybridized carbons (Fsp3) is 0.857. The van der Waals surface area contributed by atoms with Crippen LogP contribution in [0.2, 0.25) is 0 Å². The van der Waals surface area contributed by atoms with E-state index in [2.05, 4.69) is 37.9 Å². The first-order valence-electron chi connectivity index (χ1n) is 6.70. The van der Waals surface area contributed by atoms with Gasteiger partial charge in [-0.05, 0) is 48.1 Å². The number of carboxylic acid groups (broad SMARTS) is 1. The van der Waals surface area contributed by atoms with Crippen molar-refractivity contribution in [3.05, 3.63) is 0 Å². The Morgan fingerprint density at radius 3 is 2.00 bits per heavy atom. The van der Waals surface area contributed by atoms with E-state index in [0.717, 1.165) is 6.54 Å². The lowest BCUT2D eigenvalue weighted by atomic mass is 9.89. The van der Waals surface area contributed by atoms with Crippen molar-refractivity contribution in [2.75, 3.05) is 13.1 Å². The van der Waals surface area contributed by atoms with Crippen LogP contribution >= 0.6 is 0 Å². The van der Waals surface area contributed by atoms with Gasteiger partial charge in [-0.3, -0.25) is 14.5 Å². The van der Waals surface area contributed by atoms with Gasteiger partial charge in [-0.25, -0.2) is 0 Å². The minimum atomic E-state index is -1.02. The molecular weight excluding hydrogens is 244 g/mol. The Morgan fingerprint density at radius 2 is 1.68 bits per heavy atom. The number of nitrogens with zero attached hydrogens (tertiary/aromatic N) is 1. The van der Waals surface area contributed by atoms with E-state index < -0.39 is 17.4 Å². The van der Waals surface area contributed by atoms with Gasteiger partial charge in [-0.1, -0.05) is 6.92 Å². The third-order valence-corrected chi connectivity index (χ3v) is 3.25. The molecule has 1 atom stereocenters. The highest BCUT2D eigenvalue weighted by molar-refractivity contribution is 5.86. The maximum Gasteiger partial charge on any atom is 0.325 e. The van der Waals surface area contributed by atoms with Crippen LogP contribution in [0.1, 0.15) is 48.5 Å². The molecule has 0 bridgehead atoms. The van der Waals surface area contributed by atoms with Gasteiger partial charge in [0.2, 0.25) is 5.91 Å². The topological polar surface area (TPSA) is 69.6 Å². The zero-order valence-corrected chi connectivity index (χ0v) is 13.2. The van der Waals surface area contributed by atoms with E-state index in [1.54, 1.807) is 0 Å². The largest absolute Gasteiger partial charge is 0.480 e. The summed E-state index contributed by atoms with van der Waals surface area (Å²) in [4.78, 5) is 25.1. The van der Waals surface area contributed by atoms with Crippen molar-refractivity contribution in [3.8, 4) is 0 Å². The first-order valence-corrected chi connectivity index (χ1v) is 6.70. The van der Waals surface area contributed by atoms with E-state index in [4.69, 9.17) is 5.11 Å². The maximum absolute atomic E-state index is 12.2. The van der Waals surface area contributed by atoms with E-state index in [1.807, 2.05) is 13.8 Å². The molecule has 5 nitrogen and oxygen atoms in total. The molecule has 0 radical (unpaired) electrons. The van der Waals surface area contributed by atoms with Crippen LogP contribution in [0.4, 0.5) is 0 Å². The first-order chi connectivity index (χ1) is 8.41. The minimum Gasteiger partial charge on any atom is -0.480 e. The zero-order chi connectivity index (χ0) is 15.4. The van der Waals surface area contributed by atoms with Crippen LogP contribution in [0.3, 0.4) is 0 Å². The molecule has 0 saturated heterocycles. The molecule has 0 heterocycles. The lowest BCUT2D eigenvalue weighted by molar-refractivity contribution is -0.143. The van der Waals surface area contributed by atoms with E-state index in [1.165, 1.54) is 6.92 Å². The number of carbonyl (C=O) groups excluding carboxylic acids is 1. The number of carboxylic acids is 1. The Balaban J connectivity index is 4.78. The smallest absolute Gasteiger partial charge is 0.325 e. The van der Waals surface area contributed by atoms with Crippen LogP contribution in [0, 0.1) is 5.41 Å². The van der Waals surface area contributed by atoms with E-state index in [0.29, 0.717) is 6.54 Å². The predicted octanol–water partition coefficient (Wildman–Crippen LogP) is 1.72. The standard InChI is InChI=1S/C14H28N2O3/c1-8-16(13(3,4)5)9-14(6,7)12(19)15-10(2)11(17)18/h10H,8-9H2,1-7H3,(H,15,19)(H,17,18). The Bertz CT molecular complexity index is 332. The van der Waals surface area contributed by atoms with E-state index in [-0.39, 0.29) is 11.4 Å². The fourth-order valence-corrected chi connectivity index (χ4v) is 1.83. The molecule has 0 aromatic heterocycles. The van der Waals surface area contributed by atoms with Crippen molar-refractivity contribution in [2.45, 2.75) is 60.0 Å². The van der Waals surface area contributed by atoms with Crippen LogP contribution in [0.25, 0.3) is 0 Å². The predicted molar refractivity (Wildman–Crippen MR) is 76.0 cm³/mol. The highest BCUT2D eigenvalue weighted by Crippen LogP contribution is 2.23. The SMILES string of the molecule is CCN(CC(C)(C)C(=O)NC(C)C(=O)O)C(C)(C)C. The number of nitrogens with one attached hydrogen (secondary N) is 1. The second-order valence-corrected chi connectivity index (χ2v) is 6.60. The summed E-state index contributed by atoms with van der Waals surface area (Å²) in [7, 11) is 0. The van der Waals surface area contributed by atoms with Gasteiger partial charge >= 0.3 is 5.97 Å². The van der Waals surface area contributed by atoms with Crippen molar-refractivity contribution in [1.29, 1.82) is 0 Å². The summed E-state index contributed by atoms with van der Waals surface area (Å²) in [5.41, 5.74) is -0.655. The summed E-state index contributed by atoms with van der Waals surface area (Å²) in [6.07, 6.45) is 0. The van der Waals surface area contributed by atoms with Crippen LogP contribution in [0.15, 0.2) is 0 Å². The van der Waals surface area contributed by atoms with Crippen molar-refractivity contribution < 1.29 is 14.7 Å². The van der Waals surface area contributed by atoms with Crippen LogP contribution in [-0.4, -0.2) is 46.6 Å². The summed E-state index contributed by atoms with van der Waals surface area (Å²) in [5, 5.41) is 11.4. The highest BCUT2D eigenvalue weighted by atomic mass is 16.4. The average Bonchev–Trinajstić information content (AvgIpc) is 2.23. The Kier molecular flexibility index (Phi) is 6.00. The van der Waals surface area contributed by atoms with Gasteiger partial charge in [0.15, 0.2) is 0 Å². The van der Waals surface area contributed by atoms with Gasteiger partial charge in [-0.15, -0.1) is 0 Å². The molecule has 1 amide bonds. The number of aliphatic carboxylic acids is 1. The quantitative estimate of drug-likeness (QED) is 0.772. The van der Waals surface area contributed by atoms with Crippen LogP contribution < -0.4 is 5.32 Å². The second kappa shape index (κ2) is 6.37. The number of amides is 1. The second-order valence-electron chi connectivity index (χ2n) is 6.60. The Labute approximate surface area is 116 Å². The Hall–Kier alpha value is -1.10. The molecule has 0 aromatic carbocycles. The van der Waals surface area contributed by atoms with Gasteiger partial charge in [0.25, 0.3) is 0 Å². The summed E-state index contributed by atoms with van der Waals surface area (Å²) in [6.45, 7) is 14.9. The van der Waals surface area contributed by atoms with Crippen molar-refractivity contribution in [1.82, 2.24) is 10.2 Å². The normalized spacial score (nSPS) is 14.3. The molecule has 1 unspecified atom stereocenters. The molecule has 5 heteroatoms. The van der Waals surface area contributed by atoms with Crippen molar-refractivity contribution in [3.63, 3.8) is 0 Å². The molecule has 0 spiro atoms. The van der Waals surface area contributed by atoms with Crippen molar-refractivity contribution >= 4 is 11.9 Å². The molecule has 0 aromatic rings. The van der Waals surface area contributed by atoms with Gasteiger partial charge in [-0.2, -0.15) is 0 Å². The lowest BCUT2D eigenvalue weighted by Gasteiger charge is -2.39. The monoisotopic (exact) mass is 272 g/mol. The maximum atomic E-state index is 12.2. The summed E-state index contributed by atoms with van der Waals surface area (Å²) in [6, 6.07) is -0.864. The fourth-order valence-electron chi connectivity index (χ4n) is 1.83. The number of rotatable bonds is 6. The average molecular weight is 272 g/mol. The molecule has 0 aliphatic rings. The molecular formula is C14H28N2O3. The highest BCUT2D eigenvalue weighted by Gasteiger charge is 2.34. The number of hydrogen-bond acceptors (Lipinski definition) is 3. The van der Waals surface area contributed by atoms with E-state index in [9.17, 15) is 9.59 Å². The lowest BCUT2D eigenvalue weighted by Crippen LogP contribution is -2.53. The van der Waals surface area contributed by atoms with E-state index >= 15 is 0 Å². The zero-order valence-electron chi connectivity index (χ0n) is 13.2. The van der Waals surface area contributed by atoms with Crippen LogP contribution in [0.5, 0.6) is 0 Å². The third-order valence-electron chi connectivity index (χ3n) is 3.25. The molecule has 112 valence electrons. The Morgan fingerprint density at radius 1 is 1.21 bits per heavy atom. The minimum absolute atomic E-state index is 0.0231. The summed E-state index contributed by atoms with van der Waals surface area (Å²) < 4.78 is 0. The number of hydrogen-bond donors (Lipinski definition) is 2. The molecule has 19 heavy (non-hydrogen) atoms. The summed E-state index contributed by atoms with van der Waals surface area (Å²) in [5.74, 6) is -1.25. The molecule has 0 aliphatic heterocycles. The molecule has 2 N–H and O–H groups in total. The number of carbonyl (C=O) groups is 2. The van der Waals surface area contributed by atoms with Crippen molar-refractivity contribution in [2.24, 2.45) is 5.41 Å².